The number of phenolic OH excluding ortho intramolecular Hbond substituents is 1. The number of halogens is 1. The maximum absolute atomic E-state index is 15.2. The van der Waals surface area contributed by atoms with E-state index in [9.17, 15) is 39.6 Å². The van der Waals surface area contributed by atoms with Crippen LogP contribution in [0.1, 0.15) is 41.6 Å². The van der Waals surface area contributed by atoms with Crippen molar-refractivity contribution in [1.29, 1.82) is 0 Å². The van der Waals surface area contributed by atoms with Crippen LogP contribution in [0.5, 0.6) is 5.75 Å². The molecule has 1 fully saturated rings. The normalized spacial score (nSPS) is 27.6. The van der Waals surface area contributed by atoms with Crippen molar-refractivity contribution in [3.63, 3.8) is 0 Å². The Hall–Kier alpha value is -3.77. The lowest BCUT2D eigenvalue weighted by molar-refractivity contribution is -0.144. The van der Waals surface area contributed by atoms with Crippen molar-refractivity contribution in [2.24, 2.45) is 17.6 Å². The number of amides is 2. The number of carbonyl (C=O) groups is 4. The van der Waals surface area contributed by atoms with E-state index in [1.165, 1.54) is 0 Å². The van der Waals surface area contributed by atoms with Crippen molar-refractivity contribution in [2.45, 2.75) is 37.7 Å². The lowest BCUT2D eigenvalue weighted by atomic mass is 9.60. The van der Waals surface area contributed by atoms with E-state index in [0.29, 0.717) is 0 Å². The first-order valence-corrected chi connectivity index (χ1v) is 12.0. The number of hydrogen-bond donors (Lipinski definition) is 6. The number of aliphatic hydroxyl groups is 3. The number of benzene rings is 1. The van der Waals surface area contributed by atoms with Gasteiger partial charge in [0.05, 0.1) is 17.8 Å². The third kappa shape index (κ3) is 3.70. The minimum atomic E-state index is -2.70. The van der Waals surface area contributed by atoms with Crippen LogP contribution in [0.15, 0.2) is 28.7 Å². The number of rotatable bonds is 4. The van der Waals surface area contributed by atoms with Crippen molar-refractivity contribution in [3.8, 4) is 5.75 Å². The van der Waals surface area contributed by atoms with E-state index in [2.05, 4.69) is 5.32 Å². The summed E-state index contributed by atoms with van der Waals surface area (Å²) in [4.78, 5) is 52.6. The average molecular weight is 515 g/mol. The summed E-state index contributed by atoms with van der Waals surface area (Å²) in [5.74, 6) is -9.32. The Morgan fingerprint density at radius 1 is 1.16 bits per heavy atom. The number of ketones is 2. The van der Waals surface area contributed by atoms with E-state index in [1.54, 1.807) is 0 Å². The van der Waals surface area contributed by atoms with E-state index in [0.717, 1.165) is 32.0 Å². The molecule has 1 heterocycles. The fourth-order valence-electron chi connectivity index (χ4n) is 6.07. The predicted octanol–water partition coefficient (Wildman–Crippen LogP) is 0.754. The zero-order chi connectivity index (χ0) is 26.8. The number of aromatic hydroxyl groups is 1. The van der Waals surface area contributed by atoms with Crippen molar-refractivity contribution >= 4 is 29.1 Å². The molecular weight excluding hydrogens is 489 g/mol. The highest BCUT2D eigenvalue weighted by Crippen LogP contribution is 2.52. The predicted molar refractivity (Wildman–Crippen MR) is 125 cm³/mol. The molecule has 3 atom stereocenters. The van der Waals surface area contributed by atoms with Gasteiger partial charge < -0.3 is 31.5 Å². The topological polar surface area (TPSA) is 190 Å². The van der Waals surface area contributed by atoms with Gasteiger partial charge >= 0.3 is 0 Å². The van der Waals surface area contributed by atoms with Crippen LogP contribution in [0.4, 0.5) is 10.1 Å². The summed E-state index contributed by atoms with van der Waals surface area (Å²) < 4.78 is 15.2. The summed E-state index contributed by atoms with van der Waals surface area (Å²) in [5, 5.41) is 45.7. The Morgan fingerprint density at radius 2 is 1.84 bits per heavy atom. The Bertz CT molecular complexity index is 1330. The van der Waals surface area contributed by atoms with Crippen LogP contribution in [0.2, 0.25) is 0 Å². The molecule has 1 aromatic carbocycles. The molecule has 196 valence electrons. The molecule has 0 radical (unpaired) electrons. The van der Waals surface area contributed by atoms with Gasteiger partial charge in [0, 0.05) is 29.5 Å². The molecule has 11 nitrogen and oxygen atoms in total. The molecule has 1 aromatic rings. The molecular formula is C25H26FN3O8. The largest absolute Gasteiger partial charge is 0.511 e. The number of carbonyl (C=O) groups excluding carboxylic acids is 4. The first-order chi connectivity index (χ1) is 17.4. The van der Waals surface area contributed by atoms with Crippen molar-refractivity contribution in [1.82, 2.24) is 4.90 Å². The van der Waals surface area contributed by atoms with E-state index >= 15 is 4.39 Å². The fourth-order valence-corrected chi connectivity index (χ4v) is 6.07. The van der Waals surface area contributed by atoms with Gasteiger partial charge in [-0.1, -0.05) is 0 Å². The van der Waals surface area contributed by atoms with E-state index < -0.39 is 80.6 Å². The second-order valence-electron chi connectivity index (χ2n) is 10.1. The van der Waals surface area contributed by atoms with Gasteiger partial charge in [-0.15, -0.1) is 0 Å². The van der Waals surface area contributed by atoms with Crippen molar-refractivity contribution in [3.05, 3.63) is 45.7 Å². The van der Waals surface area contributed by atoms with Crippen molar-refractivity contribution in [2.75, 3.05) is 25.0 Å². The number of anilines is 1. The zero-order valence-corrected chi connectivity index (χ0v) is 19.7. The Morgan fingerprint density at radius 3 is 2.49 bits per heavy atom. The summed E-state index contributed by atoms with van der Waals surface area (Å²) in [5.41, 5.74) is 0.252. The van der Waals surface area contributed by atoms with Gasteiger partial charge in [-0.2, -0.15) is 0 Å². The molecule has 5 rings (SSSR count). The Balaban J connectivity index is 1.54. The monoisotopic (exact) mass is 515 g/mol. The first kappa shape index (κ1) is 24.9. The number of aliphatic hydroxyl groups excluding tert-OH is 2. The van der Waals surface area contributed by atoms with Gasteiger partial charge in [-0.05, 0) is 44.7 Å². The molecule has 0 aromatic heterocycles. The van der Waals surface area contributed by atoms with E-state index in [4.69, 9.17) is 5.73 Å². The number of nitrogens with zero attached hydrogens (tertiary/aromatic N) is 1. The van der Waals surface area contributed by atoms with Crippen LogP contribution < -0.4 is 11.1 Å². The molecule has 0 spiro atoms. The lowest BCUT2D eigenvalue weighted by Crippen LogP contribution is -2.57. The fraction of sp³-hybridized carbons (Fsp3) is 0.440. The minimum Gasteiger partial charge on any atom is -0.511 e. The summed E-state index contributed by atoms with van der Waals surface area (Å²) >= 11 is 0. The Labute approximate surface area is 210 Å². The van der Waals surface area contributed by atoms with Crippen LogP contribution in [-0.4, -0.2) is 73.9 Å². The maximum Gasteiger partial charge on any atom is 0.255 e. The highest BCUT2D eigenvalue weighted by Gasteiger charge is 2.59. The number of fused-ring (bicyclic) bond motifs is 3. The van der Waals surface area contributed by atoms with E-state index in [-0.39, 0.29) is 37.1 Å². The van der Waals surface area contributed by atoms with Gasteiger partial charge in [-0.25, -0.2) is 4.39 Å². The van der Waals surface area contributed by atoms with Gasteiger partial charge in [0.15, 0.2) is 17.1 Å². The SMILES string of the molecule is NC(=O)C1=C(O)C[C@@H]2CC3Cc4c(F)cc(NC(=O)CN5CCCC5)c(O)c4C(=O)C3=C(O)[C@]2(O)C1=O. The van der Waals surface area contributed by atoms with Crippen LogP contribution in [-0.2, 0) is 20.8 Å². The second kappa shape index (κ2) is 8.67. The van der Waals surface area contributed by atoms with Crippen LogP contribution in [0.3, 0.4) is 0 Å². The third-order valence-electron chi connectivity index (χ3n) is 7.85. The molecule has 0 bridgehead atoms. The van der Waals surface area contributed by atoms with Crippen molar-refractivity contribution < 1.29 is 44.0 Å². The highest BCUT2D eigenvalue weighted by molar-refractivity contribution is 6.24. The molecule has 0 saturated carbocycles. The number of primary amides is 1. The van der Waals surface area contributed by atoms with Crippen LogP contribution in [0, 0.1) is 17.7 Å². The zero-order valence-electron chi connectivity index (χ0n) is 19.7. The number of likely N-dealkylation sites (tertiary alicyclic amines) is 1. The van der Waals surface area contributed by atoms with Crippen LogP contribution >= 0.6 is 0 Å². The third-order valence-corrected chi connectivity index (χ3v) is 7.85. The standard InChI is InChI=1S/C25H26FN3O8/c26-13-8-14(28-16(31)9-29-3-1-2-4-29)20(32)18-12(13)6-10-5-11-7-15(30)19(24(27)36)23(35)25(11,37)22(34)17(10)21(18)33/h8,10-11,30,32,34,37H,1-7,9H2,(H2,27,36)(H,28,31)/t10?,11-,25-/m0/s1. The van der Waals surface area contributed by atoms with Gasteiger partial charge in [0.25, 0.3) is 5.91 Å². The van der Waals surface area contributed by atoms with Crippen LogP contribution in [0.25, 0.3) is 0 Å². The molecule has 3 aliphatic carbocycles. The number of allylic oxidation sites excluding steroid dienone is 2. The molecule has 7 N–H and O–H groups in total. The second-order valence-corrected chi connectivity index (χ2v) is 10.1. The Kier molecular flexibility index (Phi) is 5.83. The maximum atomic E-state index is 15.2. The molecule has 1 saturated heterocycles. The smallest absolute Gasteiger partial charge is 0.255 e. The van der Waals surface area contributed by atoms with Gasteiger partial charge in [0.1, 0.15) is 22.9 Å². The summed E-state index contributed by atoms with van der Waals surface area (Å²) in [6.45, 7) is 1.50. The number of nitrogens with two attached hydrogens (primary N) is 1. The molecule has 2 amide bonds. The number of nitrogens with one attached hydrogen (secondary N) is 1. The molecule has 4 aliphatic rings. The van der Waals surface area contributed by atoms with E-state index in [1.807, 2.05) is 4.90 Å². The number of hydrogen-bond acceptors (Lipinski definition) is 9. The molecule has 12 heteroatoms. The number of phenols is 1. The molecule has 1 aliphatic heterocycles. The average Bonchev–Trinajstić information content (AvgIpc) is 3.32. The molecule has 37 heavy (non-hydrogen) atoms. The summed E-state index contributed by atoms with van der Waals surface area (Å²) in [6, 6.07) is 0.925. The van der Waals surface area contributed by atoms with Gasteiger partial charge in [-0.3, -0.25) is 24.1 Å². The summed E-state index contributed by atoms with van der Waals surface area (Å²) in [6.07, 6.45) is 1.27. The van der Waals surface area contributed by atoms with Gasteiger partial charge in [0.2, 0.25) is 11.7 Å². The highest BCUT2D eigenvalue weighted by atomic mass is 19.1. The quantitative estimate of drug-likeness (QED) is 0.248. The summed E-state index contributed by atoms with van der Waals surface area (Å²) in [7, 11) is 0. The first-order valence-electron chi connectivity index (χ1n) is 12.0. The number of Topliss-reactive ketones (excluding diaryl/α,β-unsaturated/α-hetero) is 2. The lowest BCUT2D eigenvalue weighted by Gasteiger charge is -2.45. The molecule has 1 unspecified atom stereocenters. The minimum absolute atomic E-state index is 0.0270.